The highest BCUT2D eigenvalue weighted by molar-refractivity contribution is 7.91. The van der Waals surface area contributed by atoms with E-state index in [1.807, 2.05) is 0 Å². The molecule has 0 amide bonds. The highest BCUT2D eigenvalue weighted by Gasteiger charge is 2.17. The van der Waals surface area contributed by atoms with E-state index in [4.69, 9.17) is 9.84 Å². The molecule has 1 atom stereocenters. The lowest BCUT2D eigenvalue weighted by atomic mass is 10.4. The lowest BCUT2D eigenvalue weighted by Crippen LogP contribution is -2.31. The van der Waals surface area contributed by atoms with Crippen LogP contribution in [-0.4, -0.2) is 39.9 Å². The quantitative estimate of drug-likeness (QED) is 0.766. The summed E-state index contributed by atoms with van der Waals surface area (Å²) < 4.78 is 31.4. The van der Waals surface area contributed by atoms with Crippen molar-refractivity contribution in [3.05, 3.63) is 17.0 Å². The molecule has 0 saturated carbocycles. The summed E-state index contributed by atoms with van der Waals surface area (Å²) in [7, 11) is -1.92. The average Bonchev–Trinajstić information content (AvgIpc) is 2.76. The third-order valence-corrected chi connectivity index (χ3v) is 5.28. The van der Waals surface area contributed by atoms with E-state index in [-0.39, 0.29) is 23.5 Å². The summed E-state index contributed by atoms with van der Waals surface area (Å²) in [5, 5.41) is 8.76. The van der Waals surface area contributed by atoms with Gasteiger partial charge in [-0.25, -0.2) is 13.1 Å². The molecule has 98 valence electrons. The SMILES string of the molecule is COC(C)CNS(=O)(=O)c1ccc(CCO)s1. The van der Waals surface area contributed by atoms with Gasteiger partial charge in [-0.05, 0) is 19.1 Å². The Morgan fingerprint density at radius 3 is 2.82 bits per heavy atom. The topological polar surface area (TPSA) is 75.6 Å². The second kappa shape index (κ2) is 6.46. The summed E-state index contributed by atoms with van der Waals surface area (Å²) >= 11 is 1.17. The lowest BCUT2D eigenvalue weighted by Gasteiger charge is -2.10. The van der Waals surface area contributed by atoms with Crippen LogP contribution in [0.25, 0.3) is 0 Å². The van der Waals surface area contributed by atoms with E-state index < -0.39 is 10.0 Å². The van der Waals surface area contributed by atoms with Crippen LogP contribution in [0.15, 0.2) is 16.3 Å². The fourth-order valence-corrected chi connectivity index (χ4v) is 3.63. The molecule has 0 aliphatic carbocycles. The fourth-order valence-electron chi connectivity index (χ4n) is 1.13. The smallest absolute Gasteiger partial charge is 0.250 e. The molecule has 1 rings (SSSR count). The second-order valence-corrected chi connectivity index (χ2v) is 6.75. The van der Waals surface area contributed by atoms with E-state index in [1.165, 1.54) is 18.4 Å². The predicted octanol–water partition coefficient (Wildman–Crippen LogP) is 0.596. The van der Waals surface area contributed by atoms with Gasteiger partial charge in [-0.15, -0.1) is 11.3 Å². The molecule has 1 aromatic heterocycles. The zero-order valence-electron chi connectivity index (χ0n) is 9.84. The summed E-state index contributed by atoms with van der Waals surface area (Å²) in [6.07, 6.45) is 0.316. The molecule has 0 fully saturated rings. The predicted molar refractivity (Wildman–Crippen MR) is 66.8 cm³/mol. The first kappa shape index (κ1) is 14.6. The average molecular weight is 279 g/mol. The number of thiophene rings is 1. The van der Waals surface area contributed by atoms with E-state index in [0.29, 0.717) is 6.42 Å². The van der Waals surface area contributed by atoms with Crippen LogP contribution in [-0.2, 0) is 21.2 Å². The third kappa shape index (κ3) is 4.36. The Morgan fingerprint density at radius 1 is 1.53 bits per heavy atom. The minimum Gasteiger partial charge on any atom is -0.396 e. The van der Waals surface area contributed by atoms with Crippen molar-refractivity contribution in [1.29, 1.82) is 0 Å². The first-order valence-electron chi connectivity index (χ1n) is 5.21. The van der Waals surface area contributed by atoms with Crippen LogP contribution in [0, 0.1) is 0 Å². The van der Waals surface area contributed by atoms with Gasteiger partial charge in [0.2, 0.25) is 10.0 Å². The monoisotopic (exact) mass is 279 g/mol. The van der Waals surface area contributed by atoms with Crippen molar-refractivity contribution in [2.45, 2.75) is 23.7 Å². The number of rotatable bonds is 7. The number of ether oxygens (including phenoxy) is 1. The third-order valence-electron chi connectivity index (χ3n) is 2.22. The number of sulfonamides is 1. The van der Waals surface area contributed by atoms with Crippen molar-refractivity contribution in [1.82, 2.24) is 4.72 Å². The van der Waals surface area contributed by atoms with Gasteiger partial charge in [0.1, 0.15) is 4.21 Å². The van der Waals surface area contributed by atoms with Crippen LogP contribution in [0.1, 0.15) is 11.8 Å². The van der Waals surface area contributed by atoms with Gasteiger partial charge in [-0.1, -0.05) is 0 Å². The van der Waals surface area contributed by atoms with E-state index in [9.17, 15) is 8.42 Å². The van der Waals surface area contributed by atoms with Crippen LogP contribution < -0.4 is 4.72 Å². The van der Waals surface area contributed by atoms with Crippen LogP contribution in [0.3, 0.4) is 0 Å². The molecule has 1 heterocycles. The number of aliphatic hydroxyl groups is 1. The molecule has 0 saturated heterocycles. The molecule has 1 aromatic rings. The van der Waals surface area contributed by atoms with Crippen molar-refractivity contribution < 1.29 is 18.3 Å². The van der Waals surface area contributed by atoms with E-state index in [2.05, 4.69) is 4.72 Å². The number of methoxy groups -OCH3 is 1. The van der Waals surface area contributed by atoms with Crippen molar-refractivity contribution >= 4 is 21.4 Å². The number of aliphatic hydroxyl groups excluding tert-OH is 1. The molecular formula is C10H17NO4S2. The largest absolute Gasteiger partial charge is 0.396 e. The molecule has 7 heteroatoms. The minimum absolute atomic E-state index is 0.0220. The summed E-state index contributed by atoms with van der Waals surface area (Å²) in [5.41, 5.74) is 0. The number of hydrogen-bond acceptors (Lipinski definition) is 5. The normalized spacial score (nSPS) is 13.8. The van der Waals surface area contributed by atoms with Gasteiger partial charge in [0, 0.05) is 31.6 Å². The Morgan fingerprint density at radius 2 is 2.24 bits per heavy atom. The Bertz CT molecular complexity index is 441. The summed E-state index contributed by atoms with van der Waals surface area (Å²) in [5.74, 6) is 0. The Kier molecular flexibility index (Phi) is 5.54. The van der Waals surface area contributed by atoms with Crippen LogP contribution in [0.5, 0.6) is 0 Å². The van der Waals surface area contributed by atoms with Gasteiger partial charge in [0.25, 0.3) is 0 Å². The first-order chi connectivity index (χ1) is 7.99. The van der Waals surface area contributed by atoms with Crippen LogP contribution in [0.2, 0.25) is 0 Å². The zero-order chi connectivity index (χ0) is 12.9. The van der Waals surface area contributed by atoms with E-state index in [0.717, 1.165) is 4.88 Å². The highest BCUT2D eigenvalue weighted by Crippen LogP contribution is 2.21. The first-order valence-corrected chi connectivity index (χ1v) is 7.51. The fraction of sp³-hybridized carbons (Fsp3) is 0.600. The van der Waals surface area contributed by atoms with Gasteiger partial charge >= 0.3 is 0 Å². The van der Waals surface area contributed by atoms with Gasteiger partial charge in [-0.2, -0.15) is 0 Å². The number of hydrogen-bond donors (Lipinski definition) is 2. The molecule has 5 nitrogen and oxygen atoms in total. The molecule has 0 aliphatic rings. The van der Waals surface area contributed by atoms with E-state index in [1.54, 1.807) is 19.1 Å². The number of nitrogens with one attached hydrogen (secondary N) is 1. The summed E-state index contributed by atoms with van der Waals surface area (Å²) in [6.45, 7) is 2.05. The zero-order valence-corrected chi connectivity index (χ0v) is 11.5. The standard InChI is InChI=1S/C10H17NO4S2/c1-8(15-2)7-11-17(13,14)10-4-3-9(16-10)5-6-12/h3-4,8,11-12H,5-7H2,1-2H3. The summed E-state index contributed by atoms with van der Waals surface area (Å²) in [4.78, 5) is 0.854. The van der Waals surface area contributed by atoms with Crippen molar-refractivity contribution in [2.75, 3.05) is 20.3 Å². The molecule has 0 radical (unpaired) electrons. The molecule has 17 heavy (non-hydrogen) atoms. The maximum atomic E-state index is 11.9. The Hall–Kier alpha value is -0.470. The lowest BCUT2D eigenvalue weighted by molar-refractivity contribution is 0.122. The molecule has 0 aliphatic heterocycles. The maximum absolute atomic E-state index is 11.9. The van der Waals surface area contributed by atoms with E-state index >= 15 is 0 Å². The van der Waals surface area contributed by atoms with Crippen LogP contribution in [0.4, 0.5) is 0 Å². The minimum atomic E-state index is -3.46. The van der Waals surface area contributed by atoms with Gasteiger partial charge in [-0.3, -0.25) is 0 Å². The van der Waals surface area contributed by atoms with Crippen molar-refractivity contribution in [3.63, 3.8) is 0 Å². The molecular weight excluding hydrogens is 262 g/mol. The molecule has 2 N–H and O–H groups in total. The highest BCUT2D eigenvalue weighted by atomic mass is 32.2. The Labute approximate surface area is 105 Å². The maximum Gasteiger partial charge on any atom is 0.250 e. The molecule has 0 bridgehead atoms. The second-order valence-electron chi connectivity index (χ2n) is 3.59. The summed E-state index contributed by atoms with van der Waals surface area (Å²) in [6, 6.07) is 3.27. The van der Waals surface area contributed by atoms with Gasteiger partial charge < -0.3 is 9.84 Å². The Balaban J connectivity index is 2.68. The van der Waals surface area contributed by atoms with Crippen LogP contribution >= 0.6 is 11.3 Å². The molecule has 1 unspecified atom stereocenters. The molecule has 0 aromatic carbocycles. The molecule has 0 spiro atoms. The van der Waals surface area contributed by atoms with Gasteiger partial charge in [0.15, 0.2) is 0 Å². The van der Waals surface area contributed by atoms with Crippen molar-refractivity contribution in [2.24, 2.45) is 0 Å². The van der Waals surface area contributed by atoms with Crippen molar-refractivity contribution in [3.8, 4) is 0 Å². The van der Waals surface area contributed by atoms with Gasteiger partial charge in [0.05, 0.1) is 6.10 Å².